The molecule has 0 aliphatic carbocycles. The number of ether oxygens (including phenoxy) is 5. The maximum atomic E-state index is 11.5. The summed E-state index contributed by atoms with van der Waals surface area (Å²) in [7, 11) is -1.33. The van der Waals surface area contributed by atoms with Crippen LogP contribution in [0.5, 0.6) is 0 Å². The molecular formula is C32H42O6Si. The van der Waals surface area contributed by atoms with Crippen LogP contribution in [-0.4, -0.2) is 57.1 Å². The van der Waals surface area contributed by atoms with E-state index in [0.29, 0.717) is 26.4 Å². The third-order valence-electron chi connectivity index (χ3n) is 6.72. The van der Waals surface area contributed by atoms with Gasteiger partial charge in [0.05, 0.1) is 26.4 Å². The third-order valence-corrected chi connectivity index (χ3v) is 8.42. The molecule has 3 aromatic carbocycles. The largest absolute Gasteiger partial charge is 0.387 e. The van der Waals surface area contributed by atoms with Gasteiger partial charge < -0.3 is 28.8 Å². The van der Waals surface area contributed by atoms with Gasteiger partial charge in [0.25, 0.3) is 0 Å². The molecule has 1 saturated heterocycles. The summed E-state index contributed by atoms with van der Waals surface area (Å²) in [4.78, 5) is 0. The molecule has 7 heteroatoms. The maximum Gasteiger partial charge on any atom is 0.186 e. The van der Waals surface area contributed by atoms with Crippen molar-refractivity contribution in [2.75, 3.05) is 13.2 Å². The summed E-state index contributed by atoms with van der Waals surface area (Å²) < 4.78 is 31.4. The van der Waals surface area contributed by atoms with Gasteiger partial charge in [-0.25, -0.2) is 0 Å². The minimum absolute atomic E-state index is 0.209. The van der Waals surface area contributed by atoms with Crippen molar-refractivity contribution < 1.29 is 28.8 Å². The van der Waals surface area contributed by atoms with E-state index in [1.807, 2.05) is 91.0 Å². The van der Waals surface area contributed by atoms with E-state index in [-0.39, 0.29) is 6.61 Å². The first-order valence-electron chi connectivity index (χ1n) is 13.8. The highest BCUT2D eigenvalue weighted by molar-refractivity contribution is 6.76. The minimum Gasteiger partial charge on any atom is -0.387 e. The zero-order valence-corrected chi connectivity index (χ0v) is 24.3. The van der Waals surface area contributed by atoms with Crippen LogP contribution in [0.4, 0.5) is 0 Å². The zero-order valence-electron chi connectivity index (χ0n) is 23.3. The van der Waals surface area contributed by atoms with Crippen LogP contribution in [0.1, 0.15) is 16.7 Å². The van der Waals surface area contributed by atoms with Crippen molar-refractivity contribution in [2.24, 2.45) is 0 Å². The third kappa shape index (κ3) is 9.65. The molecule has 1 N–H and O–H groups in total. The molecule has 1 aliphatic heterocycles. The monoisotopic (exact) mass is 550 g/mol. The first-order valence-corrected chi connectivity index (χ1v) is 17.5. The summed E-state index contributed by atoms with van der Waals surface area (Å²) in [6.07, 6.45) is -3.55. The molecule has 1 aliphatic rings. The first-order chi connectivity index (χ1) is 18.9. The lowest BCUT2D eigenvalue weighted by Crippen LogP contribution is -2.61. The van der Waals surface area contributed by atoms with Gasteiger partial charge in [0, 0.05) is 14.7 Å². The Hall–Kier alpha value is -2.36. The van der Waals surface area contributed by atoms with Gasteiger partial charge in [-0.15, -0.1) is 0 Å². The Bertz CT molecular complexity index is 1080. The van der Waals surface area contributed by atoms with E-state index in [0.717, 1.165) is 22.7 Å². The number of hydrogen-bond acceptors (Lipinski definition) is 6. The van der Waals surface area contributed by atoms with Gasteiger partial charge in [-0.2, -0.15) is 0 Å². The van der Waals surface area contributed by atoms with Crippen LogP contribution in [0, 0.1) is 0 Å². The number of benzene rings is 3. The van der Waals surface area contributed by atoms with Crippen molar-refractivity contribution >= 4 is 8.07 Å². The van der Waals surface area contributed by atoms with Crippen molar-refractivity contribution in [1.82, 2.24) is 0 Å². The Labute approximate surface area is 233 Å². The molecule has 0 radical (unpaired) electrons. The number of aliphatic hydroxyl groups excluding tert-OH is 1. The average Bonchev–Trinajstić information content (AvgIpc) is 2.94. The van der Waals surface area contributed by atoms with Gasteiger partial charge in [-0.05, 0) is 22.7 Å². The number of hydrogen-bond donors (Lipinski definition) is 1. The molecule has 4 rings (SSSR count). The lowest BCUT2D eigenvalue weighted by molar-refractivity contribution is -0.320. The van der Waals surface area contributed by atoms with E-state index >= 15 is 0 Å². The van der Waals surface area contributed by atoms with E-state index in [9.17, 15) is 5.11 Å². The Morgan fingerprint density at radius 2 is 1.15 bits per heavy atom. The highest BCUT2D eigenvalue weighted by Gasteiger charge is 2.47. The second kappa shape index (κ2) is 14.9. The summed E-state index contributed by atoms with van der Waals surface area (Å²) in [5.74, 6) is 0. The van der Waals surface area contributed by atoms with Crippen LogP contribution in [0.25, 0.3) is 0 Å². The van der Waals surface area contributed by atoms with E-state index in [2.05, 4.69) is 19.6 Å². The Kier molecular flexibility index (Phi) is 11.3. The molecule has 5 atom stereocenters. The fourth-order valence-corrected chi connectivity index (χ4v) is 5.14. The van der Waals surface area contributed by atoms with Gasteiger partial charge in [0.1, 0.15) is 24.4 Å². The van der Waals surface area contributed by atoms with Crippen molar-refractivity contribution in [3.63, 3.8) is 0 Å². The van der Waals surface area contributed by atoms with Crippen LogP contribution >= 0.6 is 0 Å². The maximum absolute atomic E-state index is 11.5. The van der Waals surface area contributed by atoms with E-state index in [1.54, 1.807) is 0 Å². The van der Waals surface area contributed by atoms with E-state index in [4.69, 9.17) is 23.7 Å². The van der Waals surface area contributed by atoms with Crippen molar-refractivity contribution in [3.05, 3.63) is 108 Å². The van der Waals surface area contributed by atoms with Crippen molar-refractivity contribution in [1.29, 1.82) is 0 Å². The average molecular weight is 551 g/mol. The van der Waals surface area contributed by atoms with Crippen molar-refractivity contribution in [3.8, 4) is 0 Å². The summed E-state index contributed by atoms with van der Waals surface area (Å²) in [6, 6.07) is 30.9. The molecule has 0 spiro atoms. The zero-order chi connectivity index (χ0) is 27.5. The van der Waals surface area contributed by atoms with Crippen LogP contribution in [-0.2, 0) is 43.5 Å². The van der Waals surface area contributed by atoms with Crippen LogP contribution in [0.15, 0.2) is 91.0 Å². The molecule has 1 fully saturated rings. The molecule has 3 aromatic rings. The molecule has 0 bridgehead atoms. The Morgan fingerprint density at radius 3 is 1.67 bits per heavy atom. The molecule has 0 amide bonds. The van der Waals surface area contributed by atoms with Gasteiger partial charge >= 0.3 is 0 Å². The Morgan fingerprint density at radius 1 is 0.667 bits per heavy atom. The summed E-state index contributed by atoms with van der Waals surface area (Å²) in [5.41, 5.74) is 3.11. The second-order valence-electron chi connectivity index (χ2n) is 11.2. The minimum atomic E-state index is -1.33. The highest BCUT2D eigenvalue weighted by atomic mass is 28.3. The quantitative estimate of drug-likeness (QED) is 0.255. The van der Waals surface area contributed by atoms with Crippen LogP contribution in [0.2, 0.25) is 25.7 Å². The fourth-order valence-electron chi connectivity index (χ4n) is 4.41. The van der Waals surface area contributed by atoms with Gasteiger partial charge in [0.15, 0.2) is 6.29 Å². The Balaban J connectivity index is 1.50. The second-order valence-corrected chi connectivity index (χ2v) is 16.9. The summed E-state index contributed by atoms with van der Waals surface area (Å²) in [5, 5.41) is 11.5. The predicted molar refractivity (Wildman–Crippen MR) is 155 cm³/mol. The van der Waals surface area contributed by atoms with Gasteiger partial charge in [-0.3, -0.25) is 0 Å². The van der Waals surface area contributed by atoms with E-state index < -0.39 is 38.8 Å². The highest BCUT2D eigenvalue weighted by Crippen LogP contribution is 2.29. The molecule has 39 heavy (non-hydrogen) atoms. The molecule has 6 nitrogen and oxygen atoms in total. The topological polar surface area (TPSA) is 66.4 Å². The lowest BCUT2D eigenvalue weighted by Gasteiger charge is -2.44. The molecule has 1 heterocycles. The van der Waals surface area contributed by atoms with Gasteiger partial charge in [-0.1, -0.05) is 111 Å². The van der Waals surface area contributed by atoms with Crippen LogP contribution in [0.3, 0.4) is 0 Å². The normalized spacial score (nSPS) is 23.5. The smallest absolute Gasteiger partial charge is 0.186 e. The standard InChI is InChI=1S/C32H42O6Si/c1-39(2,3)20-19-35-32-31(37-23-27-17-11-6-12-18-27)30(36-22-26-15-9-5-10-16-26)29(33)28(38-32)24-34-21-25-13-7-4-8-14-25/h4-18,28-33H,19-24H2,1-3H3. The molecule has 0 saturated carbocycles. The summed E-state index contributed by atoms with van der Waals surface area (Å²) in [6.45, 7) is 8.85. The SMILES string of the molecule is C[Si](C)(C)CCOC1OC(COCc2ccccc2)C(O)C(OCc2ccccc2)C1OCc1ccccc1. The molecule has 5 unspecified atom stereocenters. The van der Waals surface area contributed by atoms with Crippen LogP contribution < -0.4 is 0 Å². The van der Waals surface area contributed by atoms with Gasteiger partial charge in [0.2, 0.25) is 0 Å². The fraction of sp³-hybridized carbons (Fsp3) is 0.438. The molecular weight excluding hydrogens is 508 g/mol. The molecule has 0 aromatic heterocycles. The van der Waals surface area contributed by atoms with E-state index in [1.165, 1.54) is 0 Å². The number of aliphatic hydroxyl groups is 1. The lowest BCUT2D eigenvalue weighted by atomic mass is 9.98. The summed E-state index contributed by atoms with van der Waals surface area (Å²) >= 11 is 0. The molecule has 210 valence electrons. The van der Waals surface area contributed by atoms with Crippen molar-refractivity contribution in [2.45, 2.75) is 76.2 Å². The number of rotatable bonds is 14. The first kappa shape index (κ1) is 29.6. The predicted octanol–water partition coefficient (Wildman–Crippen LogP) is 5.81.